The Morgan fingerprint density at radius 1 is 1.27 bits per heavy atom. The smallest absolute Gasteiger partial charge is 0.347 e. The number of aromatic carboxylic acids is 1. The van der Waals surface area contributed by atoms with Gasteiger partial charge in [-0.05, 0) is 19.1 Å². The van der Waals surface area contributed by atoms with E-state index in [1.807, 2.05) is 18.3 Å². The lowest BCUT2D eigenvalue weighted by atomic mass is 10.1. The number of aromatic nitrogens is 2. The van der Waals surface area contributed by atoms with Crippen molar-refractivity contribution in [3.05, 3.63) is 41.0 Å². The Hall–Kier alpha value is -2.67. The zero-order chi connectivity index (χ0) is 15.9. The number of carboxylic acid groups (broad SMARTS) is 1. The van der Waals surface area contributed by atoms with E-state index in [4.69, 9.17) is 5.11 Å². The van der Waals surface area contributed by atoms with Gasteiger partial charge in [-0.15, -0.1) is 0 Å². The zero-order valence-electron chi connectivity index (χ0n) is 12.0. The van der Waals surface area contributed by atoms with Gasteiger partial charge >= 0.3 is 5.97 Å². The Labute approximate surface area is 130 Å². The van der Waals surface area contributed by atoms with Crippen LogP contribution in [0.1, 0.15) is 22.3 Å². The van der Waals surface area contributed by atoms with Gasteiger partial charge in [-0.3, -0.25) is 9.20 Å². The van der Waals surface area contributed by atoms with Gasteiger partial charge in [0, 0.05) is 30.1 Å². The predicted molar refractivity (Wildman–Crippen MR) is 84.5 cm³/mol. The number of rotatable bonds is 3. The van der Waals surface area contributed by atoms with E-state index < -0.39 is 5.97 Å². The average molecular weight is 315 g/mol. The normalized spacial score (nSPS) is 10.8. The van der Waals surface area contributed by atoms with Crippen LogP contribution in [0.2, 0.25) is 0 Å². The number of amides is 1. The number of carboxylic acids is 1. The molecule has 0 spiro atoms. The van der Waals surface area contributed by atoms with Gasteiger partial charge in [-0.1, -0.05) is 23.5 Å². The highest BCUT2D eigenvalue weighted by atomic mass is 32.1. The summed E-state index contributed by atoms with van der Waals surface area (Å²) in [5.74, 6) is -1.05. The molecule has 2 heterocycles. The first-order chi connectivity index (χ1) is 10.5. The van der Waals surface area contributed by atoms with Crippen LogP contribution in [0.15, 0.2) is 30.5 Å². The number of hydrogen-bond acceptors (Lipinski definition) is 4. The van der Waals surface area contributed by atoms with Crippen LogP contribution in [0.4, 0.5) is 5.69 Å². The van der Waals surface area contributed by atoms with E-state index in [9.17, 15) is 9.59 Å². The molecular weight excluding hydrogens is 302 g/mol. The van der Waals surface area contributed by atoms with Crippen LogP contribution in [-0.4, -0.2) is 26.4 Å². The number of nitrogens with one attached hydrogen (secondary N) is 1. The summed E-state index contributed by atoms with van der Waals surface area (Å²) >= 11 is 1.15. The Morgan fingerprint density at radius 3 is 2.50 bits per heavy atom. The first kappa shape index (κ1) is 14.3. The summed E-state index contributed by atoms with van der Waals surface area (Å²) in [5.41, 5.74) is 3.06. The van der Waals surface area contributed by atoms with Crippen molar-refractivity contribution in [2.75, 3.05) is 5.32 Å². The first-order valence-corrected chi connectivity index (χ1v) is 7.37. The molecule has 7 heteroatoms. The molecule has 0 aliphatic rings. The number of anilines is 1. The number of nitrogens with zero attached hydrogens (tertiary/aromatic N) is 2. The number of carbonyl (C=O) groups is 2. The number of carbonyl (C=O) groups excluding carboxylic acids is 1. The van der Waals surface area contributed by atoms with Crippen LogP contribution < -0.4 is 5.32 Å². The highest BCUT2D eigenvalue weighted by Crippen LogP contribution is 2.27. The number of hydrogen-bond donors (Lipinski definition) is 2. The molecule has 112 valence electrons. The molecule has 0 saturated carbocycles. The number of imidazole rings is 1. The Kier molecular flexibility index (Phi) is 3.42. The second-order valence-electron chi connectivity index (χ2n) is 4.86. The van der Waals surface area contributed by atoms with Gasteiger partial charge in [0.1, 0.15) is 4.88 Å². The molecule has 0 saturated heterocycles. The summed E-state index contributed by atoms with van der Waals surface area (Å²) in [4.78, 5) is 27.5. The molecule has 0 radical (unpaired) electrons. The number of benzene rings is 1. The van der Waals surface area contributed by atoms with Crippen molar-refractivity contribution in [1.82, 2.24) is 9.38 Å². The predicted octanol–water partition coefficient (Wildman–Crippen LogP) is 3.03. The van der Waals surface area contributed by atoms with Gasteiger partial charge in [-0.2, -0.15) is 0 Å². The van der Waals surface area contributed by atoms with Crippen molar-refractivity contribution < 1.29 is 14.7 Å². The summed E-state index contributed by atoms with van der Waals surface area (Å²) in [6.45, 7) is 3.22. The van der Waals surface area contributed by atoms with E-state index in [0.717, 1.165) is 28.3 Å². The van der Waals surface area contributed by atoms with E-state index in [0.29, 0.717) is 15.5 Å². The summed E-state index contributed by atoms with van der Waals surface area (Å²) < 4.78 is 1.78. The summed E-state index contributed by atoms with van der Waals surface area (Å²) in [5, 5.41) is 11.8. The maximum atomic E-state index is 11.1. The molecule has 0 fully saturated rings. The van der Waals surface area contributed by atoms with Crippen LogP contribution in [-0.2, 0) is 4.79 Å². The standard InChI is InChI=1S/C15H13N3O3S/c1-8-13(14(20)21)22-15-17-12(7-18(8)15)10-3-5-11(6-4-10)16-9(2)19/h3-7H,1-2H3,(H,16,19)(H,20,21). The summed E-state index contributed by atoms with van der Waals surface area (Å²) in [6.07, 6.45) is 1.82. The number of aryl methyl sites for hydroxylation is 1. The van der Waals surface area contributed by atoms with Gasteiger partial charge in [0.2, 0.25) is 5.91 Å². The molecule has 1 amide bonds. The van der Waals surface area contributed by atoms with E-state index in [1.165, 1.54) is 6.92 Å². The number of thiazole rings is 1. The fraction of sp³-hybridized carbons (Fsp3) is 0.133. The minimum Gasteiger partial charge on any atom is -0.477 e. The third-order valence-corrected chi connectivity index (χ3v) is 4.40. The van der Waals surface area contributed by atoms with E-state index in [-0.39, 0.29) is 5.91 Å². The average Bonchev–Trinajstić information content (AvgIpc) is 2.99. The second kappa shape index (κ2) is 5.27. The van der Waals surface area contributed by atoms with Crippen LogP contribution in [0.25, 0.3) is 16.2 Å². The quantitative estimate of drug-likeness (QED) is 0.778. The van der Waals surface area contributed by atoms with Crippen molar-refractivity contribution >= 4 is 33.9 Å². The number of fused-ring (bicyclic) bond motifs is 1. The van der Waals surface area contributed by atoms with E-state index in [1.54, 1.807) is 23.5 Å². The Morgan fingerprint density at radius 2 is 1.95 bits per heavy atom. The van der Waals surface area contributed by atoms with Crippen molar-refractivity contribution in [3.63, 3.8) is 0 Å². The van der Waals surface area contributed by atoms with E-state index in [2.05, 4.69) is 10.3 Å². The lowest BCUT2D eigenvalue weighted by molar-refractivity contribution is -0.114. The van der Waals surface area contributed by atoms with Gasteiger partial charge < -0.3 is 10.4 Å². The van der Waals surface area contributed by atoms with Crippen molar-refractivity contribution in [3.8, 4) is 11.3 Å². The summed E-state index contributed by atoms with van der Waals surface area (Å²) in [6, 6.07) is 7.34. The molecule has 22 heavy (non-hydrogen) atoms. The first-order valence-electron chi connectivity index (χ1n) is 6.55. The SMILES string of the molecule is CC(=O)Nc1ccc(-c2cn3c(C)c(C(=O)O)sc3n2)cc1. The molecule has 1 aromatic carbocycles. The maximum Gasteiger partial charge on any atom is 0.347 e. The Bertz CT molecular complexity index is 877. The van der Waals surface area contributed by atoms with E-state index >= 15 is 0 Å². The minimum atomic E-state index is -0.936. The topological polar surface area (TPSA) is 83.7 Å². The third-order valence-electron chi connectivity index (χ3n) is 3.25. The molecule has 0 atom stereocenters. The lowest BCUT2D eigenvalue weighted by Crippen LogP contribution is -2.05. The fourth-order valence-electron chi connectivity index (χ4n) is 2.22. The zero-order valence-corrected chi connectivity index (χ0v) is 12.8. The van der Waals surface area contributed by atoms with Gasteiger partial charge in [0.05, 0.1) is 5.69 Å². The van der Waals surface area contributed by atoms with Crippen LogP contribution in [0.5, 0.6) is 0 Å². The molecule has 0 aliphatic heterocycles. The second-order valence-corrected chi connectivity index (χ2v) is 5.84. The fourth-order valence-corrected chi connectivity index (χ4v) is 3.16. The molecule has 3 aromatic rings. The molecule has 0 bridgehead atoms. The maximum absolute atomic E-state index is 11.1. The van der Waals surface area contributed by atoms with Crippen LogP contribution >= 0.6 is 11.3 Å². The minimum absolute atomic E-state index is 0.118. The molecule has 3 rings (SSSR count). The third kappa shape index (κ3) is 2.46. The summed E-state index contributed by atoms with van der Waals surface area (Å²) in [7, 11) is 0. The molecule has 0 unspecified atom stereocenters. The monoisotopic (exact) mass is 315 g/mol. The lowest BCUT2D eigenvalue weighted by Gasteiger charge is -2.02. The van der Waals surface area contributed by atoms with Crippen molar-refractivity contribution in [2.45, 2.75) is 13.8 Å². The van der Waals surface area contributed by atoms with Gasteiger partial charge in [0.15, 0.2) is 4.96 Å². The highest BCUT2D eigenvalue weighted by molar-refractivity contribution is 7.19. The highest BCUT2D eigenvalue weighted by Gasteiger charge is 2.17. The Balaban J connectivity index is 1.96. The molecule has 6 nitrogen and oxygen atoms in total. The van der Waals surface area contributed by atoms with Crippen molar-refractivity contribution in [1.29, 1.82) is 0 Å². The van der Waals surface area contributed by atoms with Crippen LogP contribution in [0.3, 0.4) is 0 Å². The van der Waals surface area contributed by atoms with Crippen LogP contribution in [0, 0.1) is 6.92 Å². The van der Waals surface area contributed by atoms with Gasteiger partial charge in [-0.25, -0.2) is 9.78 Å². The molecule has 0 aliphatic carbocycles. The molecular formula is C15H13N3O3S. The molecule has 2 N–H and O–H groups in total. The largest absolute Gasteiger partial charge is 0.477 e. The van der Waals surface area contributed by atoms with Crippen molar-refractivity contribution in [2.24, 2.45) is 0 Å². The van der Waals surface area contributed by atoms with Gasteiger partial charge in [0.25, 0.3) is 0 Å². The molecule has 2 aromatic heterocycles.